The molecule has 0 fully saturated rings. The standard InChI is InChI=1S/C16H18N2OS2.ClH/c1-20-10-11-6-8-12(9-7-11)15(19)18-16-17-13-4-2-3-5-14(13)21-16;/h6-9H,2-5,10H2,1H3,(H,17,18,19);1H. The molecule has 0 radical (unpaired) electrons. The third kappa shape index (κ3) is 4.03. The maximum absolute atomic E-state index is 12.2. The molecule has 0 bridgehead atoms. The number of nitrogens with zero attached hydrogens (tertiary/aromatic N) is 1. The van der Waals surface area contributed by atoms with Crippen molar-refractivity contribution < 1.29 is 4.79 Å². The van der Waals surface area contributed by atoms with E-state index in [1.54, 1.807) is 23.1 Å². The van der Waals surface area contributed by atoms with Gasteiger partial charge in [-0.05, 0) is 49.6 Å². The lowest BCUT2D eigenvalue weighted by atomic mass is 10.0. The summed E-state index contributed by atoms with van der Waals surface area (Å²) in [4.78, 5) is 18.1. The van der Waals surface area contributed by atoms with Crippen molar-refractivity contribution in [3.63, 3.8) is 0 Å². The number of halogens is 1. The minimum absolute atomic E-state index is 0. The van der Waals surface area contributed by atoms with Gasteiger partial charge in [0.2, 0.25) is 0 Å². The molecule has 3 nitrogen and oxygen atoms in total. The van der Waals surface area contributed by atoms with Crippen LogP contribution in [0, 0.1) is 0 Å². The van der Waals surface area contributed by atoms with Gasteiger partial charge in [0.1, 0.15) is 0 Å². The molecule has 0 spiro atoms. The van der Waals surface area contributed by atoms with Gasteiger partial charge in [-0.25, -0.2) is 4.98 Å². The Balaban J connectivity index is 0.00000176. The van der Waals surface area contributed by atoms with E-state index in [0.717, 1.165) is 23.7 Å². The van der Waals surface area contributed by atoms with E-state index in [1.165, 1.54) is 29.0 Å². The Morgan fingerprint density at radius 1 is 1.27 bits per heavy atom. The maximum Gasteiger partial charge on any atom is 0.257 e. The molecular weight excluding hydrogens is 336 g/mol. The first-order chi connectivity index (χ1) is 10.3. The quantitative estimate of drug-likeness (QED) is 0.875. The van der Waals surface area contributed by atoms with Gasteiger partial charge in [0.15, 0.2) is 5.13 Å². The van der Waals surface area contributed by atoms with E-state index in [-0.39, 0.29) is 18.3 Å². The van der Waals surface area contributed by atoms with Gasteiger partial charge in [0.05, 0.1) is 5.69 Å². The number of thiazole rings is 1. The molecular formula is C16H19ClN2OS2. The number of amides is 1. The Bertz CT molecular complexity index is 617. The first-order valence-corrected chi connectivity index (χ1v) is 9.35. The highest BCUT2D eigenvalue weighted by Crippen LogP contribution is 2.29. The molecule has 0 saturated carbocycles. The van der Waals surface area contributed by atoms with Crippen LogP contribution in [0.1, 0.15) is 39.3 Å². The van der Waals surface area contributed by atoms with E-state index in [0.29, 0.717) is 5.56 Å². The second-order valence-corrected chi connectivity index (χ2v) is 7.13. The molecule has 1 aliphatic rings. The van der Waals surface area contributed by atoms with Crippen molar-refractivity contribution in [2.75, 3.05) is 11.6 Å². The maximum atomic E-state index is 12.2. The Morgan fingerprint density at radius 3 is 2.68 bits per heavy atom. The van der Waals surface area contributed by atoms with Gasteiger partial charge in [0, 0.05) is 16.2 Å². The molecule has 1 heterocycles. The number of benzene rings is 1. The van der Waals surface area contributed by atoms with E-state index in [9.17, 15) is 4.79 Å². The number of nitrogens with one attached hydrogen (secondary N) is 1. The Hall–Kier alpha value is -1.04. The van der Waals surface area contributed by atoms with E-state index in [4.69, 9.17) is 0 Å². The van der Waals surface area contributed by atoms with Crippen molar-refractivity contribution in [2.24, 2.45) is 0 Å². The SMILES string of the molecule is CSCc1ccc(C(=O)Nc2nc3c(s2)CCCC3)cc1.Cl. The predicted octanol–water partition coefficient (Wildman–Crippen LogP) is 4.56. The number of aromatic nitrogens is 1. The number of fused-ring (bicyclic) bond motifs is 1. The van der Waals surface area contributed by atoms with E-state index in [1.807, 2.05) is 24.3 Å². The summed E-state index contributed by atoms with van der Waals surface area (Å²) < 4.78 is 0. The molecule has 118 valence electrons. The average molecular weight is 355 g/mol. The third-order valence-electron chi connectivity index (χ3n) is 3.59. The lowest BCUT2D eigenvalue weighted by molar-refractivity contribution is 0.102. The monoisotopic (exact) mass is 354 g/mol. The molecule has 1 aromatic carbocycles. The summed E-state index contributed by atoms with van der Waals surface area (Å²) >= 11 is 3.40. The zero-order chi connectivity index (χ0) is 14.7. The molecule has 0 unspecified atom stereocenters. The average Bonchev–Trinajstić information content (AvgIpc) is 2.90. The van der Waals surface area contributed by atoms with Crippen LogP contribution in [0.3, 0.4) is 0 Å². The fourth-order valence-corrected chi connectivity index (χ4v) is 4.06. The lowest BCUT2D eigenvalue weighted by Gasteiger charge is -2.06. The summed E-state index contributed by atoms with van der Waals surface area (Å²) in [5, 5.41) is 3.67. The molecule has 1 amide bonds. The molecule has 1 aromatic heterocycles. The fraction of sp³-hybridized carbons (Fsp3) is 0.375. The van der Waals surface area contributed by atoms with Crippen LogP contribution in [0.5, 0.6) is 0 Å². The number of rotatable bonds is 4. The predicted molar refractivity (Wildman–Crippen MR) is 97.6 cm³/mol. The Labute approximate surface area is 145 Å². The van der Waals surface area contributed by atoms with Crippen molar-refractivity contribution >= 4 is 46.5 Å². The van der Waals surface area contributed by atoms with E-state index in [2.05, 4.69) is 16.6 Å². The Kier molecular flexibility index (Phi) is 6.29. The molecule has 1 aliphatic carbocycles. The first-order valence-electron chi connectivity index (χ1n) is 7.14. The molecule has 1 N–H and O–H groups in total. The summed E-state index contributed by atoms with van der Waals surface area (Å²) in [7, 11) is 0. The lowest BCUT2D eigenvalue weighted by Crippen LogP contribution is -2.11. The summed E-state index contributed by atoms with van der Waals surface area (Å²) in [6, 6.07) is 7.79. The molecule has 0 aliphatic heterocycles. The normalized spacial score (nSPS) is 13.1. The highest BCUT2D eigenvalue weighted by molar-refractivity contribution is 7.97. The van der Waals surface area contributed by atoms with Crippen LogP contribution in [0.15, 0.2) is 24.3 Å². The summed E-state index contributed by atoms with van der Waals surface area (Å²) in [6.07, 6.45) is 6.67. The van der Waals surface area contributed by atoms with Crippen molar-refractivity contribution in [1.29, 1.82) is 0 Å². The van der Waals surface area contributed by atoms with Gasteiger partial charge in [-0.15, -0.1) is 23.7 Å². The summed E-state index contributed by atoms with van der Waals surface area (Å²) in [5.74, 6) is 0.901. The molecule has 0 atom stereocenters. The number of anilines is 1. The number of carbonyl (C=O) groups is 1. The zero-order valence-corrected chi connectivity index (χ0v) is 14.9. The molecule has 6 heteroatoms. The summed E-state index contributed by atoms with van der Waals surface area (Å²) in [6.45, 7) is 0. The van der Waals surface area contributed by atoms with Gasteiger partial charge in [-0.1, -0.05) is 12.1 Å². The van der Waals surface area contributed by atoms with Gasteiger partial charge >= 0.3 is 0 Å². The van der Waals surface area contributed by atoms with E-state index >= 15 is 0 Å². The molecule has 3 rings (SSSR count). The third-order valence-corrected chi connectivity index (χ3v) is 5.29. The zero-order valence-electron chi connectivity index (χ0n) is 12.4. The van der Waals surface area contributed by atoms with Crippen molar-refractivity contribution in [2.45, 2.75) is 31.4 Å². The van der Waals surface area contributed by atoms with Crippen LogP contribution in [-0.2, 0) is 18.6 Å². The molecule has 0 saturated heterocycles. The number of hydrogen-bond donors (Lipinski definition) is 1. The van der Waals surface area contributed by atoms with Crippen LogP contribution in [0.25, 0.3) is 0 Å². The van der Waals surface area contributed by atoms with Crippen molar-refractivity contribution in [1.82, 2.24) is 4.98 Å². The number of hydrogen-bond acceptors (Lipinski definition) is 4. The van der Waals surface area contributed by atoms with Gasteiger partial charge in [0.25, 0.3) is 5.91 Å². The van der Waals surface area contributed by atoms with Crippen LogP contribution in [0.2, 0.25) is 0 Å². The first kappa shape index (κ1) is 17.3. The van der Waals surface area contributed by atoms with Gasteiger partial charge in [-0.2, -0.15) is 11.8 Å². The van der Waals surface area contributed by atoms with Crippen molar-refractivity contribution in [3.05, 3.63) is 46.0 Å². The molecule has 2 aromatic rings. The van der Waals surface area contributed by atoms with Crippen LogP contribution < -0.4 is 5.32 Å². The van der Waals surface area contributed by atoms with Crippen LogP contribution in [0.4, 0.5) is 5.13 Å². The molecule has 22 heavy (non-hydrogen) atoms. The smallest absolute Gasteiger partial charge is 0.257 e. The van der Waals surface area contributed by atoms with Crippen molar-refractivity contribution in [3.8, 4) is 0 Å². The number of thioether (sulfide) groups is 1. The highest BCUT2D eigenvalue weighted by Gasteiger charge is 2.16. The minimum Gasteiger partial charge on any atom is -0.298 e. The van der Waals surface area contributed by atoms with Crippen LogP contribution >= 0.6 is 35.5 Å². The largest absolute Gasteiger partial charge is 0.298 e. The topological polar surface area (TPSA) is 42.0 Å². The minimum atomic E-state index is -0.0724. The van der Waals surface area contributed by atoms with Gasteiger partial charge < -0.3 is 0 Å². The fourth-order valence-electron chi connectivity index (χ4n) is 2.49. The second kappa shape index (κ2) is 7.99. The number of aryl methyl sites for hydroxylation is 2. The number of carbonyl (C=O) groups excluding carboxylic acids is 1. The van der Waals surface area contributed by atoms with Gasteiger partial charge in [-0.3, -0.25) is 10.1 Å². The van der Waals surface area contributed by atoms with E-state index < -0.39 is 0 Å². The Morgan fingerprint density at radius 2 is 2.00 bits per heavy atom. The summed E-state index contributed by atoms with van der Waals surface area (Å²) in [5.41, 5.74) is 3.11. The second-order valence-electron chi connectivity index (χ2n) is 5.18. The highest BCUT2D eigenvalue weighted by atomic mass is 35.5. The van der Waals surface area contributed by atoms with Crippen LogP contribution in [-0.4, -0.2) is 17.1 Å².